The van der Waals surface area contributed by atoms with E-state index in [4.69, 9.17) is 0 Å². The molecule has 108 valence electrons. The molecule has 1 N–H and O–H groups in total. The molecule has 5 nitrogen and oxygen atoms in total. The second-order valence-corrected chi connectivity index (χ2v) is 5.16. The molecule has 0 saturated carbocycles. The van der Waals surface area contributed by atoms with E-state index >= 15 is 0 Å². The highest BCUT2D eigenvalue weighted by Gasteiger charge is 2.32. The summed E-state index contributed by atoms with van der Waals surface area (Å²) in [6, 6.07) is 7.63. The highest BCUT2D eigenvalue weighted by Crippen LogP contribution is 2.23. The van der Waals surface area contributed by atoms with Crippen molar-refractivity contribution >= 4 is 28.9 Å². The fourth-order valence-corrected chi connectivity index (χ4v) is 2.64. The summed E-state index contributed by atoms with van der Waals surface area (Å²) in [5.41, 5.74) is 2.35. The van der Waals surface area contributed by atoms with Crippen LogP contribution in [0.5, 0.6) is 0 Å². The van der Waals surface area contributed by atoms with Crippen LogP contribution in [0.2, 0.25) is 0 Å². The number of carbonyl (C=O) groups excluding carboxylic acids is 2. The van der Waals surface area contributed by atoms with Crippen molar-refractivity contribution in [3.8, 4) is 0 Å². The third kappa shape index (κ3) is 2.20. The number of fused-ring (bicyclic) bond motifs is 1. The number of benzene rings is 1. The Morgan fingerprint density at radius 2 is 2.00 bits per heavy atom. The maximum Gasteiger partial charge on any atom is 0.329 e. The molecule has 3 rings (SSSR count). The Hall–Kier alpha value is -2.56. The number of rotatable bonds is 3. The number of aryl methyl sites for hydroxylation is 1. The highest BCUT2D eigenvalue weighted by atomic mass is 16.2. The Labute approximate surface area is 122 Å². The molecule has 21 heavy (non-hydrogen) atoms. The topological polar surface area (TPSA) is 54.3 Å². The minimum atomic E-state index is -0.340. The highest BCUT2D eigenvalue weighted by molar-refractivity contribution is 6.14. The van der Waals surface area contributed by atoms with Crippen molar-refractivity contribution in [3.63, 3.8) is 0 Å². The zero-order valence-corrected chi connectivity index (χ0v) is 12.1. The van der Waals surface area contributed by atoms with E-state index in [0.717, 1.165) is 22.9 Å². The van der Waals surface area contributed by atoms with Gasteiger partial charge in [0.1, 0.15) is 5.70 Å². The van der Waals surface area contributed by atoms with Crippen LogP contribution in [0, 0.1) is 0 Å². The molecule has 2 aromatic rings. The third-order valence-corrected chi connectivity index (χ3v) is 3.64. The number of imide groups is 1. The van der Waals surface area contributed by atoms with Gasteiger partial charge in [-0.3, -0.25) is 9.69 Å². The number of hydrogen-bond donors (Lipinski definition) is 1. The van der Waals surface area contributed by atoms with Crippen molar-refractivity contribution in [1.29, 1.82) is 0 Å². The molecule has 0 atom stereocenters. The van der Waals surface area contributed by atoms with Crippen LogP contribution in [-0.2, 0) is 11.8 Å². The monoisotopic (exact) mass is 283 g/mol. The van der Waals surface area contributed by atoms with E-state index in [-0.39, 0.29) is 11.9 Å². The van der Waals surface area contributed by atoms with Crippen LogP contribution in [0.4, 0.5) is 4.79 Å². The molecule has 1 saturated heterocycles. The second-order valence-electron chi connectivity index (χ2n) is 5.16. The van der Waals surface area contributed by atoms with Crippen LogP contribution in [0.1, 0.15) is 18.9 Å². The van der Waals surface area contributed by atoms with Gasteiger partial charge in [0.05, 0.1) is 0 Å². The molecule has 2 heterocycles. The first-order chi connectivity index (χ1) is 10.1. The Kier molecular flexibility index (Phi) is 3.25. The van der Waals surface area contributed by atoms with E-state index in [1.807, 2.05) is 49.0 Å². The van der Waals surface area contributed by atoms with E-state index in [1.165, 1.54) is 4.90 Å². The average Bonchev–Trinajstić information content (AvgIpc) is 2.93. The smallest absolute Gasteiger partial charge is 0.329 e. The van der Waals surface area contributed by atoms with E-state index < -0.39 is 0 Å². The van der Waals surface area contributed by atoms with Crippen LogP contribution in [-0.4, -0.2) is 28.0 Å². The van der Waals surface area contributed by atoms with Crippen LogP contribution >= 0.6 is 0 Å². The summed E-state index contributed by atoms with van der Waals surface area (Å²) < 4.78 is 2.01. The number of urea groups is 1. The van der Waals surface area contributed by atoms with E-state index in [0.29, 0.717) is 12.2 Å². The lowest BCUT2D eigenvalue weighted by Gasteiger charge is -2.08. The fourth-order valence-electron chi connectivity index (χ4n) is 2.64. The molecule has 0 radical (unpaired) electrons. The van der Waals surface area contributed by atoms with Crippen molar-refractivity contribution in [2.24, 2.45) is 7.05 Å². The van der Waals surface area contributed by atoms with Crippen molar-refractivity contribution in [2.45, 2.75) is 13.3 Å². The van der Waals surface area contributed by atoms with Gasteiger partial charge in [-0.25, -0.2) is 4.79 Å². The van der Waals surface area contributed by atoms with Gasteiger partial charge in [-0.15, -0.1) is 0 Å². The third-order valence-electron chi connectivity index (χ3n) is 3.64. The average molecular weight is 283 g/mol. The SMILES string of the molecule is CCCN1C(=O)N/C(=C/c2cn(C)c3ccccc23)C1=O. The first-order valence-corrected chi connectivity index (χ1v) is 7.00. The van der Waals surface area contributed by atoms with Gasteiger partial charge in [-0.2, -0.15) is 0 Å². The summed E-state index contributed by atoms with van der Waals surface area (Å²) in [7, 11) is 1.96. The van der Waals surface area contributed by atoms with Gasteiger partial charge in [0.15, 0.2) is 0 Å². The van der Waals surface area contributed by atoms with Crippen molar-refractivity contribution in [3.05, 3.63) is 41.7 Å². The maximum atomic E-state index is 12.2. The van der Waals surface area contributed by atoms with Gasteiger partial charge in [0, 0.05) is 36.3 Å². The molecule has 1 aliphatic heterocycles. The molecule has 1 aromatic heterocycles. The summed E-state index contributed by atoms with van der Waals surface area (Å²) in [5, 5.41) is 3.71. The lowest BCUT2D eigenvalue weighted by molar-refractivity contribution is -0.122. The van der Waals surface area contributed by atoms with Gasteiger partial charge in [-0.1, -0.05) is 25.1 Å². The normalized spacial score (nSPS) is 17.0. The molecule has 1 fully saturated rings. The summed E-state index contributed by atoms with van der Waals surface area (Å²) in [5.74, 6) is -0.255. The van der Waals surface area contributed by atoms with Gasteiger partial charge in [0.2, 0.25) is 0 Å². The van der Waals surface area contributed by atoms with Crippen LogP contribution in [0.3, 0.4) is 0 Å². The molecule has 5 heteroatoms. The molecule has 1 aliphatic rings. The van der Waals surface area contributed by atoms with Crippen LogP contribution in [0.25, 0.3) is 17.0 Å². The van der Waals surface area contributed by atoms with E-state index in [9.17, 15) is 9.59 Å². The van der Waals surface area contributed by atoms with Crippen LogP contribution in [0.15, 0.2) is 36.2 Å². The number of carbonyl (C=O) groups is 2. The summed E-state index contributed by atoms with van der Waals surface area (Å²) in [6.07, 6.45) is 4.46. The molecule has 0 unspecified atom stereocenters. The summed E-state index contributed by atoms with van der Waals surface area (Å²) in [6.45, 7) is 2.38. The Morgan fingerprint density at radius 3 is 2.76 bits per heavy atom. The minimum absolute atomic E-state index is 0.255. The molecular formula is C16H17N3O2. The maximum absolute atomic E-state index is 12.2. The number of nitrogens with one attached hydrogen (secondary N) is 1. The van der Waals surface area contributed by atoms with Gasteiger partial charge >= 0.3 is 6.03 Å². The van der Waals surface area contributed by atoms with E-state index in [1.54, 1.807) is 6.08 Å². The lowest BCUT2D eigenvalue weighted by atomic mass is 10.1. The van der Waals surface area contributed by atoms with Crippen molar-refractivity contribution in [2.75, 3.05) is 6.54 Å². The van der Waals surface area contributed by atoms with Crippen molar-refractivity contribution < 1.29 is 9.59 Å². The summed E-state index contributed by atoms with van der Waals surface area (Å²) in [4.78, 5) is 25.3. The predicted molar refractivity (Wildman–Crippen MR) is 81.4 cm³/mol. The second kappa shape index (κ2) is 5.09. The number of nitrogens with zero attached hydrogens (tertiary/aromatic N) is 2. The molecule has 1 aromatic carbocycles. The van der Waals surface area contributed by atoms with Gasteiger partial charge in [0.25, 0.3) is 5.91 Å². The molecule has 0 spiro atoms. The van der Waals surface area contributed by atoms with Gasteiger partial charge in [-0.05, 0) is 18.6 Å². The zero-order valence-electron chi connectivity index (χ0n) is 12.1. The molecule has 0 bridgehead atoms. The van der Waals surface area contributed by atoms with Gasteiger partial charge < -0.3 is 9.88 Å². The number of para-hydroxylation sites is 1. The Bertz CT molecular complexity index is 758. The van der Waals surface area contributed by atoms with Crippen LogP contribution < -0.4 is 5.32 Å². The standard InChI is InChI=1S/C16H17N3O2/c1-3-8-19-15(20)13(17-16(19)21)9-11-10-18(2)14-7-5-4-6-12(11)14/h4-7,9-10H,3,8H2,1-2H3,(H,17,21)/b13-9+. The van der Waals surface area contributed by atoms with Crippen molar-refractivity contribution in [1.82, 2.24) is 14.8 Å². The predicted octanol–water partition coefficient (Wildman–Crippen LogP) is 2.48. The first-order valence-electron chi connectivity index (χ1n) is 7.00. The quantitative estimate of drug-likeness (QED) is 0.695. The first kappa shape index (κ1) is 13.4. The zero-order chi connectivity index (χ0) is 15.0. The van der Waals surface area contributed by atoms with E-state index in [2.05, 4.69) is 5.32 Å². The summed E-state index contributed by atoms with van der Waals surface area (Å²) >= 11 is 0. The molecule has 3 amide bonds. The largest absolute Gasteiger partial charge is 0.350 e. The minimum Gasteiger partial charge on any atom is -0.350 e. The molecular weight excluding hydrogens is 266 g/mol. The Morgan fingerprint density at radius 1 is 1.24 bits per heavy atom. The number of aromatic nitrogens is 1. The fraction of sp³-hybridized carbons (Fsp3) is 0.250. The molecule has 0 aliphatic carbocycles. The number of hydrogen-bond acceptors (Lipinski definition) is 2. The lowest BCUT2D eigenvalue weighted by Crippen LogP contribution is -2.31. The Balaban J connectivity index is 2.02. The number of amides is 3.